The van der Waals surface area contributed by atoms with E-state index in [9.17, 15) is 9.59 Å². The van der Waals surface area contributed by atoms with Crippen LogP contribution in [0, 0.1) is 0 Å². The van der Waals surface area contributed by atoms with Gasteiger partial charge in [-0.25, -0.2) is 9.36 Å². The predicted molar refractivity (Wildman–Crippen MR) is 111 cm³/mol. The van der Waals surface area contributed by atoms with Crippen LogP contribution in [-0.2, 0) is 11.8 Å². The number of methoxy groups -OCH3 is 1. The van der Waals surface area contributed by atoms with Crippen LogP contribution in [0.1, 0.15) is 37.8 Å². The molecule has 0 aliphatic heterocycles. The molecule has 0 amide bonds. The van der Waals surface area contributed by atoms with E-state index in [-0.39, 0.29) is 11.0 Å². The number of hydrogen-bond donors (Lipinski definition) is 1. The first-order valence-corrected chi connectivity index (χ1v) is 9.67. The molecule has 4 rings (SSSR count). The topological polar surface area (TPSA) is 64.1 Å². The number of para-hydroxylation sites is 2. The molecule has 0 radical (unpaired) electrons. The monoisotopic (exact) mass is 376 g/mol. The van der Waals surface area contributed by atoms with Crippen molar-refractivity contribution in [2.75, 3.05) is 7.11 Å². The van der Waals surface area contributed by atoms with E-state index in [2.05, 4.69) is 24.9 Å². The summed E-state index contributed by atoms with van der Waals surface area (Å²) in [5.41, 5.74) is 2.90. The smallest absolute Gasteiger partial charge is 0.333 e. The summed E-state index contributed by atoms with van der Waals surface area (Å²) in [5, 5.41) is 0. The lowest BCUT2D eigenvalue weighted by atomic mass is 9.66. The van der Waals surface area contributed by atoms with E-state index in [0.717, 1.165) is 24.8 Å². The third-order valence-electron chi connectivity index (χ3n) is 6.13. The van der Waals surface area contributed by atoms with Crippen LogP contribution >= 0.6 is 0 Å². The quantitative estimate of drug-likeness (QED) is 0.753. The maximum Gasteiger partial charge on any atom is 0.333 e. The molecule has 0 spiro atoms. The van der Waals surface area contributed by atoms with Crippen LogP contribution in [0.2, 0.25) is 0 Å². The van der Waals surface area contributed by atoms with Gasteiger partial charge in [-0.2, -0.15) is 0 Å². The normalized spacial score (nSPS) is 14.2. The van der Waals surface area contributed by atoms with Crippen molar-refractivity contribution in [2.24, 2.45) is 0 Å². The Morgan fingerprint density at radius 2 is 1.71 bits per heavy atom. The summed E-state index contributed by atoms with van der Waals surface area (Å²) in [6, 6.07) is 15.1. The average Bonchev–Trinajstić information content (AvgIpc) is 2.73. The standard InChI is InChI=1S/C23H24N2O3/c1-4-23(5-2)14-15-10-6-7-11-16(15)20-19(23)21(26)25(22(27)24-20)17-12-8-9-13-18(17)28-3/h6-13H,4-5,14H2,1-3H3,(H,24,27). The summed E-state index contributed by atoms with van der Waals surface area (Å²) < 4.78 is 6.62. The molecule has 144 valence electrons. The Kier molecular flexibility index (Phi) is 4.46. The van der Waals surface area contributed by atoms with Crippen molar-refractivity contribution in [3.63, 3.8) is 0 Å². The molecule has 0 saturated carbocycles. The van der Waals surface area contributed by atoms with Crippen molar-refractivity contribution < 1.29 is 4.74 Å². The van der Waals surface area contributed by atoms with E-state index in [4.69, 9.17) is 4.74 Å². The van der Waals surface area contributed by atoms with Gasteiger partial charge in [0.2, 0.25) is 0 Å². The van der Waals surface area contributed by atoms with E-state index in [0.29, 0.717) is 22.7 Å². The molecule has 1 aliphatic carbocycles. The SMILES string of the molecule is CCC1(CC)Cc2ccccc2-c2[nH]c(=O)n(-c3ccccc3OC)c(=O)c21. The maximum atomic E-state index is 13.7. The van der Waals surface area contributed by atoms with Gasteiger partial charge in [-0.3, -0.25) is 4.79 Å². The second-order valence-corrected chi connectivity index (χ2v) is 7.31. The van der Waals surface area contributed by atoms with Gasteiger partial charge in [0, 0.05) is 16.5 Å². The average molecular weight is 376 g/mol. The van der Waals surface area contributed by atoms with Gasteiger partial charge < -0.3 is 9.72 Å². The zero-order valence-electron chi connectivity index (χ0n) is 16.4. The molecule has 5 nitrogen and oxygen atoms in total. The van der Waals surface area contributed by atoms with Crippen molar-refractivity contribution >= 4 is 0 Å². The van der Waals surface area contributed by atoms with Gasteiger partial charge in [0.25, 0.3) is 5.56 Å². The van der Waals surface area contributed by atoms with Crippen LogP contribution in [0.3, 0.4) is 0 Å². The van der Waals surface area contributed by atoms with E-state index in [1.54, 1.807) is 18.2 Å². The highest BCUT2D eigenvalue weighted by Crippen LogP contribution is 2.44. The molecular formula is C23H24N2O3. The van der Waals surface area contributed by atoms with Crippen molar-refractivity contribution in [3.05, 3.63) is 80.5 Å². The van der Waals surface area contributed by atoms with Crippen molar-refractivity contribution in [1.82, 2.24) is 9.55 Å². The van der Waals surface area contributed by atoms with Crippen LogP contribution in [0.15, 0.2) is 58.1 Å². The molecule has 0 atom stereocenters. The number of rotatable bonds is 4. The Hall–Kier alpha value is -3.08. The number of H-pyrrole nitrogens is 1. The molecule has 0 unspecified atom stereocenters. The number of ether oxygens (including phenoxy) is 1. The minimum absolute atomic E-state index is 0.263. The molecule has 0 fully saturated rings. The minimum atomic E-state index is -0.453. The van der Waals surface area contributed by atoms with Gasteiger partial charge >= 0.3 is 5.69 Å². The fourth-order valence-corrected chi connectivity index (χ4v) is 4.49. The number of benzene rings is 2. The molecule has 1 N–H and O–H groups in total. The largest absolute Gasteiger partial charge is 0.495 e. The summed E-state index contributed by atoms with van der Waals surface area (Å²) in [5.74, 6) is 0.491. The lowest BCUT2D eigenvalue weighted by molar-refractivity contribution is 0.380. The van der Waals surface area contributed by atoms with Gasteiger partial charge in [-0.15, -0.1) is 0 Å². The molecule has 0 saturated heterocycles. The fraction of sp³-hybridized carbons (Fsp3) is 0.304. The second kappa shape index (κ2) is 6.82. The number of nitrogens with zero attached hydrogens (tertiary/aromatic N) is 1. The number of aromatic nitrogens is 2. The van der Waals surface area contributed by atoms with E-state index in [1.807, 2.05) is 24.3 Å². The molecule has 1 aromatic heterocycles. The van der Waals surface area contributed by atoms with Gasteiger partial charge in [0.05, 0.1) is 18.5 Å². The summed E-state index contributed by atoms with van der Waals surface area (Å²) in [6.07, 6.45) is 2.42. The molecule has 3 aromatic rings. The van der Waals surface area contributed by atoms with Crippen molar-refractivity contribution in [3.8, 4) is 22.7 Å². The van der Waals surface area contributed by atoms with E-state index < -0.39 is 5.69 Å². The van der Waals surface area contributed by atoms with Gasteiger partial charge in [-0.1, -0.05) is 50.2 Å². The van der Waals surface area contributed by atoms with Gasteiger partial charge in [-0.05, 0) is 37.0 Å². The molecule has 0 bridgehead atoms. The molecule has 28 heavy (non-hydrogen) atoms. The molecular weight excluding hydrogens is 352 g/mol. The molecule has 1 heterocycles. The Morgan fingerprint density at radius 1 is 1.04 bits per heavy atom. The van der Waals surface area contributed by atoms with Crippen LogP contribution in [-0.4, -0.2) is 16.7 Å². The highest BCUT2D eigenvalue weighted by Gasteiger charge is 2.40. The first-order chi connectivity index (χ1) is 13.6. The highest BCUT2D eigenvalue weighted by molar-refractivity contribution is 5.71. The number of fused-ring (bicyclic) bond motifs is 3. The number of nitrogens with one attached hydrogen (secondary N) is 1. The molecule has 2 aromatic carbocycles. The van der Waals surface area contributed by atoms with Crippen LogP contribution in [0.4, 0.5) is 0 Å². The predicted octanol–water partition coefficient (Wildman–Crippen LogP) is 3.82. The van der Waals surface area contributed by atoms with Crippen LogP contribution in [0.25, 0.3) is 16.9 Å². The zero-order chi connectivity index (χ0) is 19.9. The summed E-state index contributed by atoms with van der Waals surface area (Å²) in [7, 11) is 1.54. The Morgan fingerprint density at radius 3 is 2.43 bits per heavy atom. The fourth-order valence-electron chi connectivity index (χ4n) is 4.49. The number of hydrogen-bond acceptors (Lipinski definition) is 3. The lowest BCUT2D eigenvalue weighted by Crippen LogP contribution is -2.45. The highest BCUT2D eigenvalue weighted by atomic mass is 16.5. The zero-order valence-corrected chi connectivity index (χ0v) is 16.4. The first kappa shape index (κ1) is 18.3. The Labute approximate surface area is 163 Å². The van der Waals surface area contributed by atoms with E-state index >= 15 is 0 Å². The second-order valence-electron chi connectivity index (χ2n) is 7.31. The van der Waals surface area contributed by atoms with Gasteiger partial charge in [0.15, 0.2) is 0 Å². The van der Waals surface area contributed by atoms with Crippen LogP contribution < -0.4 is 16.0 Å². The molecule has 5 heteroatoms. The van der Waals surface area contributed by atoms with Crippen LogP contribution in [0.5, 0.6) is 5.75 Å². The molecule has 1 aliphatic rings. The summed E-state index contributed by atoms with van der Waals surface area (Å²) >= 11 is 0. The third-order valence-corrected chi connectivity index (χ3v) is 6.13. The first-order valence-electron chi connectivity index (χ1n) is 9.67. The Bertz CT molecular complexity index is 1150. The van der Waals surface area contributed by atoms with E-state index in [1.165, 1.54) is 17.2 Å². The van der Waals surface area contributed by atoms with Crippen molar-refractivity contribution in [2.45, 2.75) is 38.5 Å². The van der Waals surface area contributed by atoms with Crippen molar-refractivity contribution in [1.29, 1.82) is 0 Å². The third kappa shape index (κ3) is 2.53. The summed E-state index contributed by atoms with van der Waals surface area (Å²) in [4.78, 5) is 29.8. The Balaban J connectivity index is 2.12. The number of aromatic amines is 1. The van der Waals surface area contributed by atoms with Gasteiger partial charge in [0.1, 0.15) is 5.75 Å². The minimum Gasteiger partial charge on any atom is -0.495 e. The maximum absolute atomic E-state index is 13.7. The summed E-state index contributed by atoms with van der Waals surface area (Å²) in [6.45, 7) is 4.22. The lowest BCUT2D eigenvalue weighted by Gasteiger charge is -2.38.